The molecule has 0 spiro atoms. The lowest BCUT2D eigenvalue weighted by Crippen LogP contribution is -2.69. The lowest BCUT2D eigenvalue weighted by atomic mass is 9.83. The second-order valence-corrected chi connectivity index (χ2v) is 10.4. The van der Waals surface area contributed by atoms with Crippen LogP contribution in [0, 0.1) is 0 Å². The van der Waals surface area contributed by atoms with Crippen LogP contribution in [0.15, 0.2) is 0 Å². The van der Waals surface area contributed by atoms with E-state index in [2.05, 4.69) is 10.6 Å². The topological polar surface area (TPSA) is 283 Å². The summed E-state index contributed by atoms with van der Waals surface area (Å²) in [6, 6.07) is -3.20. The summed E-state index contributed by atoms with van der Waals surface area (Å²) in [5.74, 6) is -0.747. The van der Waals surface area contributed by atoms with E-state index in [0.29, 0.717) is 12.8 Å². The van der Waals surface area contributed by atoms with Crippen molar-refractivity contribution in [2.75, 3.05) is 26.7 Å². The van der Waals surface area contributed by atoms with Gasteiger partial charge >= 0.3 is 0 Å². The van der Waals surface area contributed by atoms with Gasteiger partial charge in [-0.15, -0.1) is 0 Å². The van der Waals surface area contributed by atoms with E-state index < -0.39 is 92.0 Å². The molecule has 0 aromatic heterocycles. The fraction of sp³-hybridized carbons (Fsp3) is 0.957. The van der Waals surface area contributed by atoms with Crippen LogP contribution in [-0.4, -0.2) is 144 Å². The van der Waals surface area contributed by atoms with Crippen molar-refractivity contribution in [1.29, 1.82) is 0 Å². The van der Waals surface area contributed by atoms with Crippen molar-refractivity contribution in [3.8, 4) is 0 Å². The lowest BCUT2D eigenvalue weighted by Gasteiger charge is -2.48. The van der Waals surface area contributed by atoms with E-state index in [1.54, 1.807) is 0 Å². The number of hydrogen-bond donors (Lipinski definition) is 11. The average Bonchev–Trinajstić information content (AvgIpc) is 2.91. The summed E-state index contributed by atoms with van der Waals surface area (Å²) < 4.78 is 23.5. The third kappa shape index (κ3) is 7.60. The molecule has 2 saturated heterocycles. The fourth-order valence-corrected chi connectivity index (χ4v) is 5.34. The number of rotatable bonds is 11. The van der Waals surface area contributed by atoms with E-state index in [1.807, 2.05) is 0 Å². The first-order valence-electron chi connectivity index (χ1n) is 13.4. The van der Waals surface area contributed by atoms with Crippen molar-refractivity contribution in [1.82, 2.24) is 10.6 Å². The van der Waals surface area contributed by atoms with E-state index in [4.69, 9.17) is 41.9 Å². The highest BCUT2D eigenvalue weighted by Crippen LogP contribution is 2.31. The lowest BCUT2D eigenvalue weighted by molar-refractivity contribution is -0.315. The summed E-state index contributed by atoms with van der Waals surface area (Å²) in [5, 5.41) is 57.9. The van der Waals surface area contributed by atoms with Gasteiger partial charge in [0.1, 0.15) is 42.7 Å². The molecule has 0 aromatic rings. The van der Waals surface area contributed by atoms with Crippen LogP contribution in [0.4, 0.5) is 0 Å². The molecule has 16 heteroatoms. The SMILES string of the molecule is CN[C@@H]1C(O)[C@@H](O[C@@H]2C(O)C(O[C@H]3OC(CN)CCC3N)[C@@H](N)C[C@H]2NC(=O)[C@@H](O)CCN)OC(CO)[C@H]1O. The van der Waals surface area contributed by atoms with E-state index in [1.165, 1.54) is 7.05 Å². The summed E-state index contributed by atoms with van der Waals surface area (Å²) in [5.41, 5.74) is 23.8. The summed E-state index contributed by atoms with van der Waals surface area (Å²) in [6.45, 7) is -0.236. The van der Waals surface area contributed by atoms with Crippen LogP contribution < -0.4 is 33.6 Å². The van der Waals surface area contributed by atoms with E-state index in [9.17, 15) is 30.3 Å². The van der Waals surface area contributed by atoms with Crippen LogP contribution in [-0.2, 0) is 23.7 Å². The van der Waals surface area contributed by atoms with Crippen LogP contribution in [0.1, 0.15) is 25.7 Å². The molecule has 6 unspecified atom stereocenters. The Bertz CT molecular complexity index is 773. The molecule has 39 heavy (non-hydrogen) atoms. The smallest absolute Gasteiger partial charge is 0.249 e. The second kappa shape index (κ2) is 14.7. The average molecular weight is 567 g/mol. The molecule has 2 heterocycles. The number of carbonyl (C=O) groups excluding carboxylic acids is 1. The van der Waals surface area contributed by atoms with Crippen molar-refractivity contribution in [3.05, 3.63) is 0 Å². The first-order valence-corrected chi connectivity index (χ1v) is 13.4. The summed E-state index contributed by atoms with van der Waals surface area (Å²) in [4.78, 5) is 12.6. The van der Waals surface area contributed by atoms with Gasteiger partial charge in [-0.2, -0.15) is 0 Å². The largest absolute Gasteiger partial charge is 0.394 e. The molecule has 3 rings (SSSR count). The number of hydrogen-bond acceptors (Lipinski definition) is 15. The van der Waals surface area contributed by atoms with E-state index in [-0.39, 0.29) is 32.0 Å². The van der Waals surface area contributed by atoms with Crippen molar-refractivity contribution >= 4 is 5.91 Å². The van der Waals surface area contributed by atoms with Crippen molar-refractivity contribution in [2.45, 2.75) is 111 Å². The molecule has 14 atom stereocenters. The van der Waals surface area contributed by atoms with Crippen LogP contribution >= 0.6 is 0 Å². The monoisotopic (exact) mass is 566 g/mol. The van der Waals surface area contributed by atoms with E-state index in [0.717, 1.165) is 0 Å². The number of carbonyl (C=O) groups is 1. The van der Waals surface area contributed by atoms with Crippen LogP contribution in [0.3, 0.4) is 0 Å². The number of likely N-dealkylation sites (N-methyl/N-ethyl adjacent to an activating group) is 1. The molecule has 3 fully saturated rings. The number of aliphatic hydroxyl groups excluding tert-OH is 5. The molecule has 0 bridgehead atoms. The Morgan fingerprint density at radius 3 is 2.31 bits per heavy atom. The minimum absolute atomic E-state index is 0.00794. The molecular weight excluding hydrogens is 520 g/mol. The Balaban J connectivity index is 1.84. The number of amides is 1. The summed E-state index contributed by atoms with van der Waals surface area (Å²) >= 11 is 0. The predicted octanol–water partition coefficient (Wildman–Crippen LogP) is -6.14. The van der Waals surface area contributed by atoms with Gasteiger partial charge in [0.2, 0.25) is 5.91 Å². The highest BCUT2D eigenvalue weighted by Gasteiger charge is 2.51. The van der Waals surface area contributed by atoms with Gasteiger partial charge in [0.15, 0.2) is 12.6 Å². The summed E-state index contributed by atoms with van der Waals surface area (Å²) in [7, 11) is 1.51. The maximum atomic E-state index is 12.6. The summed E-state index contributed by atoms with van der Waals surface area (Å²) in [6.07, 6.45) is -10.3. The zero-order valence-corrected chi connectivity index (χ0v) is 22.1. The van der Waals surface area contributed by atoms with Gasteiger partial charge in [-0.3, -0.25) is 4.79 Å². The van der Waals surface area contributed by atoms with Gasteiger partial charge in [-0.1, -0.05) is 0 Å². The van der Waals surface area contributed by atoms with E-state index >= 15 is 0 Å². The third-order valence-corrected chi connectivity index (χ3v) is 7.65. The predicted molar refractivity (Wildman–Crippen MR) is 135 cm³/mol. The van der Waals surface area contributed by atoms with Gasteiger partial charge in [-0.05, 0) is 39.3 Å². The Morgan fingerprint density at radius 2 is 1.69 bits per heavy atom. The molecule has 0 aromatic carbocycles. The molecule has 0 radical (unpaired) electrons. The van der Waals surface area contributed by atoms with Crippen molar-refractivity contribution in [3.63, 3.8) is 0 Å². The first kappa shape index (κ1) is 32.4. The minimum Gasteiger partial charge on any atom is -0.394 e. The third-order valence-electron chi connectivity index (χ3n) is 7.65. The molecule has 3 aliphatic rings. The quantitative estimate of drug-likeness (QED) is 0.111. The van der Waals surface area contributed by atoms with Gasteiger partial charge in [0.05, 0.1) is 30.8 Å². The number of nitrogens with one attached hydrogen (secondary N) is 2. The molecule has 228 valence electrons. The minimum atomic E-state index is -1.48. The van der Waals surface area contributed by atoms with Gasteiger partial charge in [-0.25, -0.2) is 0 Å². The standard InChI is InChI=1S/C23H46N6O10/c1-28-15-16(32)14(8-30)37-23(17(15)33)39-20-12(29-21(35)13(31)4-5-24)6-11(27)19(18(20)34)38-22-10(26)3-2-9(7-25)36-22/h9-20,22-23,28,30-34H,2-8,24-27H2,1H3,(H,29,35)/t9?,10?,11-,12+,13-,14?,15-,16+,17?,18?,19?,20-,22+,23+/m0/s1. The second-order valence-electron chi connectivity index (χ2n) is 10.4. The molecular formula is C23H46N6O10. The highest BCUT2D eigenvalue weighted by atomic mass is 16.7. The Morgan fingerprint density at radius 1 is 1.00 bits per heavy atom. The zero-order chi connectivity index (χ0) is 28.9. The zero-order valence-electron chi connectivity index (χ0n) is 22.1. The molecule has 2 aliphatic heterocycles. The molecule has 1 aliphatic carbocycles. The highest BCUT2D eigenvalue weighted by molar-refractivity contribution is 5.80. The van der Waals surface area contributed by atoms with Crippen LogP contribution in [0.5, 0.6) is 0 Å². The Labute approximate surface area is 227 Å². The van der Waals surface area contributed by atoms with Gasteiger partial charge in [0, 0.05) is 12.6 Å². The van der Waals surface area contributed by atoms with Crippen molar-refractivity contribution in [2.24, 2.45) is 22.9 Å². The van der Waals surface area contributed by atoms with Gasteiger partial charge in [0.25, 0.3) is 0 Å². The number of nitrogens with two attached hydrogens (primary N) is 4. The Hall–Kier alpha value is -1.09. The fourth-order valence-electron chi connectivity index (χ4n) is 5.34. The maximum absolute atomic E-state index is 12.6. The molecule has 16 nitrogen and oxygen atoms in total. The number of ether oxygens (including phenoxy) is 4. The van der Waals surface area contributed by atoms with Crippen molar-refractivity contribution < 1.29 is 49.3 Å². The normalized spacial score (nSPS) is 44.1. The van der Waals surface area contributed by atoms with Gasteiger partial charge < -0.3 is 78.0 Å². The van der Waals surface area contributed by atoms with Crippen LogP contribution in [0.2, 0.25) is 0 Å². The molecule has 15 N–H and O–H groups in total. The molecule has 1 amide bonds. The van der Waals surface area contributed by atoms with Crippen LogP contribution in [0.25, 0.3) is 0 Å². The maximum Gasteiger partial charge on any atom is 0.249 e. The molecule has 1 saturated carbocycles. The number of aliphatic hydroxyl groups is 5. The first-order chi connectivity index (χ1) is 18.6. The Kier molecular flexibility index (Phi) is 12.2.